The molecule has 2 rings (SSSR count). The number of hydrogen-bond acceptors (Lipinski definition) is 3. The summed E-state index contributed by atoms with van der Waals surface area (Å²) in [5.74, 6) is -0.283. The predicted octanol–water partition coefficient (Wildman–Crippen LogP) is 2.49. The number of aliphatic hydroxyl groups is 1. The number of rotatable bonds is 2. The lowest BCUT2D eigenvalue weighted by molar-refractivity contribution is -0.00556. The molecule has 0 aromatic heterocycles. The summed E-state index contributed by atoms with van der Waals surface area (Å²) in [6, 6.07) is 4.84. The van der Waals surface area contributed by atoms with E-state index in [1.165, 1.54) is 6.07 Å². The molecular formula is C14H20FNO2. The standard InChI is InChI=1S/C14H20FNO2/c1-9-7-16(8-10(2)18-9)14-12(11(3)17)5-4-6-13(14)15/h4-6,9-11,17H,7-8H2,1-3H3/t9-,10+,11-/m0/s1. The van der Waals surface area contributed by atoms with Gasteiger partial charge in [-0.2, -0.15) is 0 Å². The topological polar surface area (TPSA) is 32.7 Å². The number of halogens is 1. The Morgan fingerprint density at radius 2 is 1.94 bits per heavy atom. The molecule has 3 nitrogen and oxygen atoms in total. The molecular weight excluding hydrogens is 233 g/mol. The first kappa shape index (κ1) is 13.3. The van der Waals surface area contributed by atoms with Gasteiger partial charge in [-0.15, -0.1) is 0 Å². The van der Waals surface area contributed by atoms with Crippen LogP contribution in [0.25, 0.3) is 0 Å². The highest BCUT2D eigenvalue weighted by Gasteiger charge is 2.26. The summed E-state index contributed by atoms with van der Waals surface area (Å²) in [5.41, 5.74) is 1.14. The molecule has 1 fully saturated rings. The maximum atomic E-state index is 14.1. The summed E-state index contributed by atoms with van der Waals surface area (Å²) < 4.78 is 19.7. The van der Waals surface area contributed by atoms with Gasteiger partial charge in [-0.25, -0.2) is 4.39 Å². The maximum absolute atomic E-state index is 14.1. The number of benzene rings is 1. The van der Waals surface area contributed by atoms with E-state index in [-0.39, 0.29) is 18.0 Å². The number of aliphatic hydroxyl groups excluding tert-OH is 1. The Labute approximate surface area is 107 Å². The van der Waals surface area contributed by atoms with Gasteiger partial charge in [0.1, 0.15) is 5.82 Å². The fourth-order valence-electron chi connectivity index (χ4n) is 2.56. The first-order chi connectivity index (χ1) is 8.49. The molecule has 1 N–H and O–H groups in total. The second kappa shape index (κ2) is 5.24. The SMILES string of the molecule is C[C@@H]1CN(c2c(F)cccc2[C@H](C)O)C[C@H](C)O1. The summed E-state index contributed by atoms with van der Waals surface area (Å²) in [4.78, 5) is 1.97. The Balaban J connectivity index is 2.37. The summed E-state index contributed by atoms with van der Waals surface area (Å²) >= 11 is 0. The predicted molar refractivity (Wildman–Crippen MR) is 69.3 cm³/mol. The Hall–Kier alpha value is -1.13. The van der Waals surface area contributed by atoms with E-state index >= 15 is 0 Å². The zero-order valence-corrected chi connectivity index (χ0v) is 11.1. The Bertz CT molecular complexity index is 412. The quantitative estimate of drug-likeness (QED) is 0.879. The average Bonchev–Trinajstić information content (AvgIpc) is 2.26. The lowest BCUT2D eigenvalue weighted by Gasteiger charge is -2.38. The van der Waals surface area contributed by atoms with Crippen molar-refractivity contribution in [3.05, 3.63) is 29.6 Å². The maximum Gasteiger partial charge on any atom is 0.146 e. The van der Waals surface area contributed by atoms with Crippen LogP contribution in [0, 0.1) is 5.82 Å². The van der Waals surface area contributed by atoms with Gasteiger partial charge in [0.25, 0.3) is 0 Å². The molecule has 18 heavy (non-hydrogen) atoms. The van der Waals surface area contributed by atoms with Crippen LogP contribution in [0.15, 0.2) is 18.2 Å². The number of ether oxygens (including phenoxy) is 1. The molecule has 0 unspecified atom stereocenters. The number of nitrogens with zero attached hydrogens (tertiary/aromatic N) is 1. The van der Waals surface area contributed by atoms with E-state index in [4.69, 9.17) is 4.74 Å². The highest BCUT2D eigenvalue weighted by molar-refractivity contribution is 5.56. The third-order valence-corrected chi connectivity index (χ3v) is 3.20. The van der Waals surface area contributed by atoms with Crippen LogP contribution in [-0.2, 0) is 4.74 Å². The van der Waals surface area contributed by atoms with Crippen molar-refractivity contribution < 1.29 is 14.2 Å². The molecule has 0 radical (unpaired) electrons. The zero-order valence-electron chi connectivity index (χ0n) is 11.1. The number of para-hydroxylation sites is 1. The minimum atomic E-state index is -0.677. The van der Waals surface area contributed by atoms with E-state index in [1.807, 2.05) is 18.7 Å². The highest BCUT2D eigenvalue weighted by atomic mass is 19.1. The second-order valence-electron chi connectivity index (χ2n) is 5.02. The third kappa shape index (κ3) is 2.65. The lowest BCUT2D eigenvalue weighted by Crippen LogP contribution is -2.46. The minimum absolute atomic E-state index is 0.0650. The molecule has 1 aromatic carbocycles. The van der Waals surface area contributed by atoms with Gasteiger partial charge in [-0.3, -0.25) is 0 Å². The zero-order chi connectivity index (χ0) is 13.3. The average molecular weight is 253 g/mol. The monoisotopic (exact) mass is 253 g/mol. The van der Waals surface area contributed by atoms with Crippen LogP contribution < -0.4 is 4.90 Å². The van der Waals surface area contributed by atoms with Crippen molar-refractivity contribution in [3.8, 4) is 0 Å². The molecule has 3 atom stereocenters. The van der Waals surface area contributed by atoms with E-state index in [0.717, 1.165) is 0 Å². The molecule has 0 saturated carbocycles. The van der Waals surface area contributed by atoms with Crippen LogP contribution in [0.5, 0.6) is 0 Å². The Morgan fingerprint density at radius 3 is 2.50 bits per heavy atom. The second-order valence-corrected chi connectivity index (χ2v) is 5.02. The molecule has 1 aliphatic heterocycles. The van der Waals surface area contributed by atoms with E-state index < -0.39 is 6.10 Å². The van der Waals surface area contributed by atoms with Crippen molar-refractivity contribution >= 4 is 5.69 Å². The fraction of sp³-hybridized carbons (Fsp3) is 0.571. The number of anilines is 1. The van der Waals surface area contributed by atoms with Crippen molar-refractivity contribution in [2.24, 2.45) is 0 Å². The van der Waals surface area contributed by atoms with Gasteiger partial charge in [-0.1, -0.05) is 12.1 Å². The van der Waals surface area contributed by atoms with Crippen molar-refractivity contribution in [1.29, 1.82) is 0 Å². The first-order valence-electron chi connectivity index (χ1n) is 6.36. The van der Waals surface area contributed by atoms with Gasteiger partial charge in [0, 0.05) is 18.7 Å². The molecule has 0 spiro atoms. The van der Waals surface area contributed by atoms with Crippen molar-refractivity contribution in [1.82, 2.24) is 0 Å². The van der Waals surface area contributed by atoms with E-state index in [0.29, 0.717) is 24.3 Å². The molecule has 1 saturated heterocycles. The molecule has 100 valence electrons. The molecule has 4 heteroatoms. The summed E-state index contributed by atoms with van der Waals surface area (Å²) in [6.45, 7) is 6.90. The minimum Gasteiger partial charge on any atom is -0.389 e. The van der Waals surface area contributed by atoms with E-state index in [9.17, 15) is 9.50 Å². The van der Waals surface area contributed by atoms with Gasteiger partial charge in [0.2, 0.25) is 0 Å². The normalized spacial score (nSPS) is 26.2. The van der Waals surface area contributed by atoms with Crippen molar-refractivity contribution in [2.45, 2.75) is 39.1 Å². The highest BCUT2D eigenvalue weighted by Crippen LogP contribution is 2.31. The van der Waals surface area contributed by atoms with Crippen LogP contribution >= 0.6 is 0 Å². The van der Waals surface area contributed by atoms with E-state index in [2.05, 4.69) is 0 Å². The van der Waals surface area contributed by atoms with Gasteiger partial charge < -0.3 is 14.7 Å². The number of morpholine rings is 1. The molecule has 0 amide bonds. The van der Waals surface area contributed by atoms with Crippen LogP contribution in [0.4, 0.5) is 10.1 Å². The van der Waals surface area contributed by atoms with Gasteiger partial charge in [0.15, 0.2) is 0 Å². The van der Waals surface area contributed by atoms with E-state index in [1.54, 1.807) is 19.1 Å². The van der Waals surface area contributed by atoms with Crippen LogP contribution in [0.1, 0.15) is 32.4 Å². The fourth-order valence-corrected chi connectivity index (χ4v) is 2.56. The number of hydrogen-bond donors (Lipinski definition) is 1. The van der Waals surface area contributed by atoms with Crippen molar-refractivity contribution in [2.75, 3.05) is 18.0 Å². The van der Waals surface area contributed by atoms with Crippen molar-refractivity contribution in [3.63, 3.8) is 0 Å². The Morgan fingerprint density at radius 1 is 1.33 bits per heavy atom. The summed E-state index contributed by atoms with van der Waals surface area (Å²) in [6.07, 6.45) is -0.547. The molecule has 1 aromatic rings. The van der Waals surface area contributed by atoms with Crippen LogP contribution in [0.3, 0.4) is 0 Å². The summed E-state index contributed by atoms with van der Waals surface area (Å²) in [7, 11) is 0. The largest absolute Gasteiger partial charge is 0.389 e. The van der Waals surface area contributed by atoms with Crippen LogP contribution in [-0.4, -0.2) is 30.4 Å². The third-order valence-electron chi connectivity index (χ3n) is 3.20. The lowest BCUT2D eigenvalue weighted by atomic mass is 10.1. The Kier molecular flexibility index (Phi) is 3.88. The molecule has 1 heterocycles. The molecule has 0 bridgehead atoms. The molecule has 1 aliphatic rings. The molecule has 0 aliphatic carbocycles. The van der Waals surface area contributed by atoms with Crippen LogP contribution in [0.2, 0.25) is 0 Å². The summed E-state index contributed by atoms with van der Waals surface area (Å²) in [5, 5.41) is 9.77. The van der Waals surface area contributed by atoms with Gasteiger partial charge in [0.05, 0.1) is 24.0 Å². The smallest absolute Gasteiger partial charge is 0.146 e. The first-order valence-corrected chi connectivity index (χ1v) is 6.36. The van der Waals surface area contributed by atoms with Gasteiger partial charge >= 0.3 is 0 Å². The van der Waals surface area contributed by atoms with Gasteiger partial charge in [-0.05, 0) is 26.8 Å².